The van der Waals surface area contributed by atoms with Gasteiger partial charge in [-0.2, -0.15) is 18.4 Å². The summed E-state index contributed by atoms with van der Waals surface area (Å²) in [7, 11) is 0. The topological polar surface area (TPSA) is 23.8 Å². The highest BCUT2D eigenvalue weighted by Gasteiger charge is 2.23. The zero-order valence-corrected chi connectivity index (χ0v) is 5.62. The summed E-state index contributed by atoms with van der Waals surface area (Å²) >= 11 is 2.39. The van der Waals surface area contributed by atoms with E-state index in [1.165, 1.54) is 6.07 Å². The average molecular weight is 200 g/mol. The first-order valence-electron chi connectivity index (χ1n) is 1.81. The second-order valence-electron chi connectivity index (χ2n) is 1.15. The van der Waals surface area contributed by atoms with Gasteiger partial charge in [0.1, 0.15) is 6.07 Å². The van der Waals surface area contributed by atoms with E-state index in [4.69, 9.17) is 5.26 Å². The lowest BCUT2D eigenvalue weighted by molar-refractivity contribution is -0.0799. The fourth-order valence-electron chi connectivity index (χ4n) is 0.176. The van der Waals surface area contributed by atoms with Crippen molar-refractivity contribution in [3.05, 3.63) is 10.6 Å². The van der Waals surface area contributed by atoms with E-state index in [-0.39, 0.29) is 6.08 Å². The first kappa shape index (κ1) is 8.50. The van der Waals surface area contributed by atoms with Gasteiger partial charge in [0, 0.05) is 6.08 Å². The zero-order chi connectivity index (χ0) is 7.49. The van der Waals surface area contributed by atoms with Gasteiger partial charge in [0.25, 0.3) is 0 Å². The maximum atomic E-state index is 11.2. The number of allylic oxidation sites excluding steroid dienone is 2. The second-order valence-corrected chi connectivity index (χ2v) is 2.00. The Hall–Kier alpha value is -0.500. The number of hydrogen-bond donors (Lipinski definition) is 0. The van der Waals surface area contributed by atoms with Gasteiger partial charge in [-0.15, -0.1) is 0 Å². The Kier molecular flexibility index (Phi) is 2.71. The van der Waals surface area contributed by atoms with E-state index in [1.807, 2.05) is 0 Å². The molecule has 0 aromatic rings. The monoisotopic (exact) mass is 199 g/mol. The van der Waals surface area contributed by atoms with Crippen LogP contribution in [0.4, 0.5) is 13.2 Å². The molecule has 9 heavy (non-hydrogen) atoms. The zero-order valence-electron chi connectivity index (χ0n) is 4.04. The average Bonchev–Trinajstić information content (AvgIpc) is 1.62. The van der Waals surface area contributed by atoms with Crippen LogP contribution >= 0.6 is 15.9 Å². The third-order valence-corrected chi connectivity index (χ3v) is 0.803. The van der Waals surface area contributed by atoms with Gasteiger partial charge in [-0.25, -0.2) is 0 Å². The van der Waals surface area contributed by atoms with Gasteiger partial charge >= 0.3 is 6.18 Å². The van der Waals surface area contributed by atoms with Gasteiger partial charge in [-0.05, 0) is 15.9 Å². The number of halogens is 4. The van der Waals surface area contributed by atoms with Crippen molar-refractivity contribution in [2.45, 2.75) is 6.18 Å². The number of hydrogen-bond acceptors (Lipinski definition) is 1. The number of nitriles is 1. The molecule has 0 aromatic heterocycles. The van der Waals surface area contributed by atoms with Gasteiger partial charge < -0.3 is 0 Å². The Balaban J connectivity index is 4.17. The molecule has 0 fully saturated rings. The summed E-state index contributed by atoms with van der Waals surface area (Å²) in [6, 6.07) is 1.28. The van der Waals surface area contributed by atoms with Crippen molar-refractivity contribution in [2.75, 3.05) is 0 Å². The molecule has 5 heteroatoms. The van der Waals surface area contributed by atoms with Crippen molar-refractivity contribution < 1.29 is 13.2 Å². The number of alkyl halides is 3. The third-order valence-electron chi connectivity index (χ3n) is 0.397. The molecule has 0 radical (unpaired) electrons. The van der Waals surface area contributed by atoms with Crippen molar-refractivity contribution in [3.63, 3.8) is 0 Å². The van der Waals surface area contributed by atoms with E-state index >= 15 is 0 Å². The molecule has 0 amide bonds. The Labute approximate surface area is 57.9 Å². The highest BCUT2D eigenvalue weighted by molar-refractivity contribution is 9.12. The predicted molar refractivity (Wildman–Crippen MR) is 28.7 cm³/mol. The van der Waals surface area contributed by atoms with Crippen LogP contribution in [0.5, 0.6) is 0 Å². The van der Waals surface area contributed by atoms with Crippen molar-refractivity contribution >= 4 is 15.9 Å². The van der Waals surface area contributed by atoms with Crippen LogP contribution in [0.15, 0.2) is 10.6 Å². The van der Waals surface area contributed by atoms with Crippen LogP contribution in [-0.2, 0) is 0 Å². The molecule has 0 saturated heterocycles. The van der Waals surface area contributed by atoms with Crippen LogP contribution in [0.1, 0.15) is 0 Å². The highest BCUT2D eigenvalue weighted by Crippen LogP contribution is 2.20. The summed E-state index contributed by atoms with van der Waals surface area (Å²) < 4.78 is 33.2. The molecule has 50 valence electrons. The standard InChI is InChI=1S/C4HBrF3N/c5-3(2-9)1-4(6,7)8/h1H/b3-1-. The van der Waals surface area contributed by atoms with Crippen LogP contribution in [0, 0.1) is 11.3 Å². The van der Waals surface area contributed by atoms with Crippen LogP contribution in [0.25, 0.3) is 0 Å². The molecular weight excluding hydrogens is 199 g/mol. The smallest absolute Gasteiger partial charge is 0.192 e. The van der Waals surface area contributed by atoms with Crippen LogP contribution in [0.2, 0.25) is 0 Å². The fraction of sp³-hybridized carbons (Fsp3) is 0.250. The molecule has 0 heterocycles. The van der Waals surface area contributed by atoms with Gasteiger partial charge in [-0.1, -0.05) is 0 Å². The SMILES string of the molecule is N#C/C(Br)=C/C(F)(F)F. The van der Waals surface area contributed by atoms with Crippen LogP contribution in [0.3, 0.4) is 0 Å². The Morgan fingerprint density at radius 3 is 2.11 bits per heavy atom. The van der Waals surface area contributed by atoms with Crippen LogP contribution < -0.4 is 0 Å². The summed E-state index contributed by atoms with van der Waals surface area (Å²) in [5.74, 6) is 0. The van der Waals surface area contributed by atoms with Crippen molar-refractivity contribution in [1.82, 2.24) is 0 Å². The lowest BCUT2D eigenvalue weighted by Gasteiger charge is -1.95. The van der Waals surface area contributed by atoms with E-state index in [0.29, 0.717) is 0 Å². The maximum absolute atomic E-state index is 11.2. The van der Waals surface area contributed by atoms with Crippen molar-refractivity contribution in [1.29, 1.82) is 5.26 Å². The molecule has 0 spiro atoms. The molecule has 1 nitrogen and oxygen atoms in total. The summed E-state index contributed by atoms with van der Waals surface area (Å²) in [5, 5.41) is 7.83. The number of rotatable bonds is 0. The van der Waals surface area contributed by atoms with E-state index in [9.17, 15) is 13.2 Å². The van der Waals surface area contributed by atoms with E-state index in [2.05, 4.69) is 15.9 Å². The van der Waals surface area contributed by atoms with Crippen molar-refractivity contribution in [2.24, 2.45) is 0 Å². The quantitative estimate of drug-likeness (QED) is 0.550. The van der Waals surface area contributed by atoms with Crippen LogP contribution in [-0.4, -0.2) is 6.18 Å². The summed E-state index contributed by atoms with van der Waals surface area (Å²) in [6.07, 6.45) is -4.53. The minimum absolute atomic E-state index is 0.118. The highest BCUT2D eigenvalue weighted by atomic mass is 79.9. The maximum Gasteiger partial charge on any atom is 0.411 e. The Morgan fingerprint density at radius 2 is 2.00 bits per heavy atom. The van der Waals surface area contributed by atoms with Gasteiger partial charge in [0.15, 0.2) is 0 Å². The Bertz CT molecular complexity index is 164. The van der Waals surface area contributed by atoms with E-state index in [0.717, 1.165) is 0 Å². The van der Waals surface area contributed by atoms with Gasteiger partial charge in [0.2, 0.25) is 0 Å². The molecule has 0 N–H and O–H groups in total. The van der Waals surface area contributed by atoms with Gasteiger partial charge in [0.05, 0.1) is 4.48 Å². The molecular formula is C4HBrF3N. The lowest BCUT2D eigenvalue weighted by Crippen LogP contribution is -2.01. The molecule has 0 aliphatic rings. The first-order valence-corrected chi connectivity index (χ1v) is 2.60. The molecule has 0 aromatic carbocycles. The Morgan fingerprint density at radius 1 is 1.56 bits per heavy atom. The second kappa shape index (κ2) is 2.87. The third kappa shape index (κ3) is 5.37. The summed E-state index contributed by atoms with van der Waals surface area (Å²) in [5.41, 5.74) is 0. The molecule has 0 unspecified atom stereocenters. The molecule has 0 saturated carbocycles. The van der Waals surface area contributed by atoms with E-state index in [1.54, 1.807) is 0 Å². The molecule has 0 atom stereocenters. The molecule has 0 bridgehead atoms. The first-order chi connectivity index (χ1) is 3.95. The molecule has 0 aliphatic heterocycles. The van der Waals surface area contributed by atoms with Crippen molar-refractivity contribution in [3.8, 4) is 6.07 Å². The summed E-state index contributed by atoms with van der Waals surface area (Å²) in [4.78, 5) is 0. The lowest BCUT2D eigenvalue weighted by atomic mass is 10.5. The largest absolute Gasteiger partial charge is 0.411 e. The minimum Gasteiger partial charge on any atom is -0.192 e. The normalized spacial score (nSPS) is 13.0. The minimum atomic E-state index is -4.41. The summed E-state index contributed by atoms with van der Waals surface area (Å²) in [6.45, 7) is 0. The van der Waals surface area contributed by atoms with Gasteiger partial charge in [-0.3, -0.25) is 0 Å². The predicted octanol–water partition coefficient (Wildman–Crippen LogP) is 2.35. The molecule has 0 aliphatic carbocycles. The fourth-order valence-corrected chi connectivity index (χ4v) is 0.436. The van der Waals surface area contributed by atoms with E-state index < -0.39 is 10.7 Å². The molecule has 0 rings (SSSR count). The number of nitrogens with zero attached hydrogens (tertiary/aromatic N) is 1.